The van der Waals surface area contributed by atoms with Crippen molar-refractivity contribution in [2.45, 2.75) is 19.8 Å². The van der Waals surface area contributed by atoms with E-state index >= 15 is 0 Å². The maximum Gasteiger partial charge on any atom is 0.336 e. The second-order valence-corrected chi connectivity index (χ2v) is 6.25. The molecule has 0 radical (unpaired) electrons. The Balaban J connectivity index is 0.000000485. The second-order valence-electron chi connectivity index (χ2n) is 6.25. The molecule has 168 valence electrons. The molecule has 0 bridgehead atoms. The molecule has 0 heterocycles. The third-order valence-corrected chi connectivity index (χ3v) is 3.96. The number of unbranched alkanes of at least 4 members (excludes halogenated alkanes) is 1. The molecule has 4 nitrogen and oxygen atoms in total. The van der Waals surface area contributed by atoms with Gasteiger partial charge in [0.05, 0.1) is 12.2 Å². The second kappa shape index (κ2) is 17.9. The first-order chi connectivity index (χ1) is 15.4. The van der Waals surface area contributed by atoms with Crippen molar-refractivity contribution in [1.29, 1.82) is 0 Å². The molecule has 0 aromatic heterocycles. The first kappa shape index (κ1) is 28.1. The van der Waals surface area contributed by atoms with Gasteiger partial charge in [-0.15, -0.1) is 0 Å². The number of rotatable bonds is 9. The van der Waals surface area contributed by atoms with Gasteiger partial charge in [-0.25, -0.2) is 9.59 Å². The van der Waals surface area contributed by atoms with E-state index in [9.17, 15) is 9.59 Å². The highest BCUT2D eigenvalue weighted by Gasteiger charge is 2.09. The Labute approximate surface area is 191 Å². The van der Waals surface area contributed by atoms with E-state index in [1.807, 2.05) is 73.7 Å². The number of allylic oxidation sites excluding steroid dienone is 2. The highest BCUT2D eigenvalue weighted by Crippen LogP contribution is 2.20. The minimum atomic E-state index is -0.997. The molecule has 32 heavy (non-hydrogen) atoms. The van der Waals surface area contributed by atoms with Crippen LogP contribution in [0.5, 0.6) is 0 Å². The van der Waals surface area contributed by atoms with E-state index in [0.29, 0.717) is 12.2 Å². The van der Waals surface area contributed by atoms with Crippen molar-refractivity contribution in [1.82, 2.24) is 0 Å². The molecule has 0 aliphatic heterocycles. The van der Waals surface area contributed by atoms with E-state index in [1.165, 1.54) is 23.8 Å². The molecule has 1 N–H and O–H groups in total. The van der Waals surface area contributed by atoms with Crippen molar-refractivity contribution in [2.24, 2.45) is 0 Å². The molecule has 0 saturated heterocycles. The van der Waals surface area contributed by atoms with Gasteiger partial charge < -0.3 is 9.84 Å². The molecular weight excluding hydrogens is 400 g/mol. The molecule has 2 aromatic carbocycles. The highest BCUT2D eigenvalue weighted by molar-refractivity contribution is 6.01. The number of carbonyl (C=O) groups excluding carboxylic acids is 1. The van der Waals surface area contributed by atoms with Crippen LogP contribution in [-0.2, 0) is 14.3 Å². The molecule has 0 unspecified atom stereocenters. The average Bonchev–Trinajstić information content (AvgIpc) is 2.84. The number of hydrogen-bond acceptors (Lipinski definition) is 3. The fourth-order valence-electron chi connectivity index (χ4n) is 2.28. The summed E-state index contributed by atoms with van der Waals surface area (Å²) in [6.45, 7) is 16.6. The Bertz CT molecular complexity index is 894. The summed E-state index contributed by atoms with van der Waals surface area (Å²) in [5.41, 5.74) is 2.74. The van der Waals surface area contributed by atoms with Gasteiger partial charge in [0.1, 0.15) is 0 Å². The van der Waals surface area contributed by atoms with Gasteiger partial charge in [-0.3, -0.25) is 0 Å². The molecule has 0 spiro atoms. The lowest BCUT2D eigenvalue weighted by atomic mass is 10.00. The van der Waals surface area contributed by atoms with Gasteiger partial charge in [0.25, 0.3) is 0 Å². The summed E-state index contributed by atoms with van der Waals surface area (Å²) in [5, 5.41) is 8.96. The molecule has 0 aliphatic rings. The van der Waals surface area contributed by atoms with E-state index < -0.39 is 5.97 Å². The number of esters is 1. The quantitative estimate of drug-likeness (QED) is 0.206. The molecule has 0 amide bonds. The summed E-state index contributed by atoms with van der Waals surface area (Å²) in [5.74, 6) is -1.33. The molecule has 0 atom stereocenters. The monoisotopic (exact) mass is 432 g/mol. The van der Waals surface area contributed by atoms with Gasteiger partial charge in [0.15, 0.2) is 0 Å². The van der Waals surface area contributed by atoms with E-state index in [4.69, 9.17) is 5.11 Å². The average molecular weight is 433 g/mol. The van der Waals surface area contributed by atoms with Crippen LogP contribution in [0.2, 0.25) is 0 Å². The third-order valence-electron chi connectivity index (χ3n) is 3.96. The van der Waals surface area contributed by atoms with E-state index in [1.54, 1.807) is 0 Å². The minimum Gasteiger partial charge on any atom is -0.478 e. The Hall–Kier alpha value is -3.92. The van der Waals surface area contributed by atoms with Crippen LogP contribution in [-0.4, -0.2) is 23.7 Å². The number of benzene rings is 2. The molecule has 4 heteroatoms. The lowest BCUT2D eigenvalue weighted by Crippen LogP contribution is -2.00. The smallest absolute Gasteiger partial charge is 0.336 e. The predicted molar refractivity (Wildman–Crippen MR) is 134 cm³/mol. The van der Waals surface area contributed by atoms with Crippen LogP contribution in [0.25, 0.3) is 11.6 Å². The number of carbonyl (C=O) groups is 2. The van der Waals surface area contributed by atoms with Gasteiger partial charge >= 0.3 is 11.9 Å². The first-order valence-corrected chi connectivity index (χ1v) is 10.2. The number of ether oxygens (including phenoxy) is 1. The summed E-state index contributed by atoms with van der Waals surface area (Å²) >= 11 is 0. The maximum absolute atomic E-state index is 10.9. The van der Waals surface area contributed by atoms with Crippen molar-refractivity contribution in [3.63, 3.8) is 0 Å². The van der Waals surface area contributed by atoms with E-state index in [2.05, 4.69) is 31.1 Å². The van der Waals surface area contributed by atoms with Crippen LogP contribution >= 0.6 is 0 Å². The van der Waals surface area contributed by atoms with Crippen molar-refractivity contribution < 1.29 is 19.4 Å². The Morgan fingerprint density at radius 1 is 0.875 bits per heavy atom. The van der Waals surface area contributed by atoms with Crippen molar-refractivity contribution in [3.05, 3.63) is 122 Å². The maximum atomic E-state index is 10.9. The van der Waals surface area contributed by atoms with Gasteiger partial charge in [-0.05, 0) is 23.1 Å². The Kier molecular flexibility index (Phi) is 15.7. The zero-order valence-electron chi connectivity index (χ0n) is 18.7. The van der Waals surface area contributed by atoms with Gasteiger partial charge in [-0.2, -0.15) is 0 Å². The highest BCUT2D eigenvalue weighted by atomic mass is 16.5. The summed E-state index contributed by atoms with van der Waals surface area (Å²) in [7, 11) is 0. The van der Waals surface area contributed by atoms with Gasteiger partial charge in [0, 0.05) is 6.08 Å². The largest absolute Gasteiger partial charge is 0.478 e. The lowest BCUT2D eigenvalue weighted by molar-refractivity contribution is -0.137. The summed E-state index contributed by atoms with van der Waals surface area (Å²) in [4.78, 5) is 21.3. The topological polar surface area (TPSA) is 63.6 Å². The number of hydrogen-bond donors (Lipinski definition) is 1. The SMILES string of the molecule is C=CC(=O)OCCCC.C=CC(C(=O)O)=C(C=C)c1ccccc1.C=Cc1ccccc1. The van der Waals surface area contributed by atoms with Crippen molar-refractivity contribution in [3.8, 4) is 0 Å². The fourth-order valence-corrected chi connectivity index (χ4v) is 2.28. The van der Waals surface area contributed by atoms with Crippen molar-refractivity contribution in [2.75, 3.05) is 6.61 Å². The van der Waals surface area contributed by atoms with Gasteiger partial charge in [-0.1, -0.05) is 119 Å². The molecule has 0 aliphatic carbocycles. The zero-order chi connectivity index (χ0) is 24.2. The van der Waals surface area contributed by atoms with Crippen LogP contribution in [0.4, 0.5) is 0 Å². The van der Waals surface area contributed by atoms with Crippen LogP contribution in [0.1, 0.15) is 30.9 Å². The Morgan fingerprint density at radius 3 is 1.81 bits per heavy atom. The summed E-state index contributed by atoms with van der Waals surface area (Å²) < 4.78 is 4.67. The lowest BCUT2D eigenvalue weighted by Gasteiger charge is -2.05. The van der Waals surface area contributed by atoms with Crippen molar-refractivity contribution >= 4 is 23.6 Å². The standard InChI is InChI=1S/C13H12O2.C8H8.C7H12O2/c1-3-11(12(4-2)13(14)15)10-8-6-5-7-9-10;1-2-8-6-4-3-5-7-8;1-3-5-6-9-7(8)4-2/h3-9H,1-2H2,(H,14,15);2-7H,1H2;4H,2-3,5-6H2,1H3. The van der Waals surface area contributed by atoms with Crippen LogP contribution in [0.15, 0.2) is 111 Å². The summed E-state index contributed by atoms with van der Waals surface area (Å²) in [6, 6.07) is 19.3. The minimum absolute atomic E-state index is 0.163. The fraction of sp³-hybridized carbons (Fsp3) is 0.143. The normalized spacial score (nSPS) is 9.91. The van der Waals surface area contributed by atoms with E-state index in [-0.39, 0.29) is 11.5 Å². The first-order valence-electron chi connectivity index (χ1n) is 10.2. The molecule has 2 rings (SSSR count). The van der Waals surface area contributed by atoms with Crippen LogP contribution in [0.3, 0.4) is 0 Å². The molecule has 2 aromatic rings. The zero-order valence-corrected chi connectivity index (χ0v) is 18.7. The predicted octanol–water partition coefficient (Wildman–Crippen LogP) is 6.74. The van der Waals surface area contributed by atoms with E-state index in [0.717, 1.165) is 18.4 Å². The molecule has 0 saturated carbocycles. The number of aliphatic carboxylic acids is 1. The molecular formula is C28H32O4. The number of carboxylic acid groups (broad SMARTS) is 1. The molecule has 0 fully saturated rings. The third kappa shape index (κ3) is 11.9. The summed E-state index contributed by atoms with van der Waals surface area (Å²) in [6.07, 6.45) is 7.84. The van der Waals surface area contributed by atoms with Crippen LogP contribution < -0.4 is 0 Å². The van der Waals surface area contributed by atoms with Crippen LogP contribution in [0, 0.1) is 0 Å². The number of carboxylic acids is 1. The van der Waals surface area contributed by atoms with Gasteiger partial charge in [0.2, 0.25) is 0 Å². The Morgan fingerprint density at radius 2 is 1.44 bits per heavy atom.